The number of hydrogen-bond acceptors (Lipinski definition) is 6. The highest BCUT2D eigenvalue weighted by molar-refractivity contribution is 7.80. The third-order valence-electron chi connectivity index (χ3n) is 4.36. The number of methoxy groups -OCH3 is 1. The smallest absolute Gasteiger partial charge is 0.270 e. The molecular formula is C22H21ClN2O5S. The van der Waals surface area contributed by atoms with E-state index >= 15 is 0 Å². The lowest BCUT2D eigenvalue weighted by molar-refractivity contribution is -0.122. The normalized spacial score (nSPS) is 15.2. The van der Waals surface area contributed by atoms with Crippen molar-refractivity contribution in [2.75, 3.05) is 25.2 Å². The van der Waals surface area contributed by atoms with Crippen molar-refractivity contribution in [1.82, 2.24) is 5.32 Å². The van der Waals surface area contributed by atoms with Gasteiger partial charge in [0.2, 0.25) is 0 Å². The molecule has 0 radical (unpaired) electrons. The Balaban J connectivity index is 2.01. The molecule has 1 aliphatic rings. The van der Waals surface area contributed by atoms with Gasteiger partial charge in [0.25, 0.3) is 11.8 Å². The molecule has 0 saturated carbocycles. The molecule has 1 fully saturated rings. The quantitative estimate of drug-likeness (QED) is 0.382. The molecule has 0 bridgehead atoms. The molecule has 3 rings (SSSR count). The van der Waals surface area contributed by atoms with Crippen molar-refractivity contribution in [3.8, 4) is 17.2 Å². The molecule has 1 N–H and O–H groups in total. The van der Waals surface area contributed by atoms with Crippen LogP contribution >= 0.6 is 23.8 Å². The number of carbonyl (C=O) groups excluding carboxylic acids is 2. The standard InChI is InChI=1S/C22H21ClN2O5S/c1-4-29-18-12-13(11-17(23)19(18)30-5-2)10-16-20(26)24-22(31)25(21(16)27)14-6-8-15(28-3)9-7-14/h6-12H,4-5H2,1-3H3,(H,24,26,31). The third kappa shape index (κ3) is 4.81. The number of anilines is 1. The number of nitrogens with zero attached hydrogens (tertiary/aromatic N) is 1. The van der Waals surface area contributed by atoms with E-state index in [1.54, 1.807) is 43.5 Å². The van der Waals surface area contributed by atoms with Gasteiger partial charge in [-0.15, -0.1) is 0 Å². The lowest BCUT2D eigenvalue weighted by Crippen LogP contribution is -2.54. The maximum atomic E-state index is 13.2. The van der Waals surface area contributed by atoms with E-state index in [0.29, 0.717) is 46.7 Å². The SMILES string of the molecule is CCOc1cc(C=C2C(=O)NC(=S)N(c3ccc(OC)cc3)C2=O)cc(Cl)c1OCC. The Morgan fingerprint density at radius 1 is 1.10 bits per heavy atom. The second kappa shape index (κ2) is 9.80. The number of carbonyl (C=O) groups is 2. The average molecular weight is 461 g/mol. The van der Waals surface area contributed by atoms with E-state index in [1.165, 1.54) is 11.0 Å². The Morgan fingerprint density at radius 2 is 1.77 bits per heavy atom. The van der Waals surface area contributed by atoms with Crippen LogP contribution in [0, 0.1) is 0 Å². The molecule has 1 heterocycles. The minimum absolute atomic E-state index is 0.00273. The average Bonchev–Trinajstić information content (AvgIpc) is 2.74. The van der Waals surface area contributed by atoms with Crippen LogP contribution in [-0.2, 0) is 9.59 Å². The molecule has 1 aliphatic heterocycles. The van der Waals surface area contributed by atoms with Gasteiger partial charge < -0.3 is 14.2 Å². The molecule has 0 unspecified atom stereocenters. The number of nitrogens with one attached hydrogen (secondary N) is 1. The summed E-state index contributed by atoms with van der Waals surface area (Å²) < 4.78 is 16.3. The molecular weight excluding hydrogens is 440 g/mol. The maximum absolute atomic E-state index is 13.2. The topological polar surface area (TPSA) is 77.1 Å². The molecule has 7 nitrogen and oxygen atoms in total. The van der Waals surface area contributed by atoms with E-state index in [4.69, 9.17) is 38.0 Å². The Labute approximate surface area is 190 Å². The van der Waals surface area contributed by atoms with E-state index in [-0.39, 0.29) is 10.7 Å². The van der Waals surface area contributed by atoms with Crippen LogP contribution in [0.5, 0.6) is 17.2 Å². The van der Waals surface area contributed by atoms with Crippen molar-refractivity contribution in [2.24, 2.45) is 0 Å². The molecule has 0 aliphatic carbocycles. The van der Waals surface area contributed by atoms with Gasteiger partial charge in [-0.3, -0.25) is 19.8 Å². The van der Waals surface area contributed by atoms with Gasteiger partial charge in [-0.2, -0.15) is 0 Å². The van der Waals surface area contributed by atoms with Gasteiger partial charge in [-0.25, -0.2) is 0 Å². The molecule has 2 aromatic carbocycles. The fourth-order valence-electron chi connectivity index (χ4n) is 3.01. The van der Waals surface area contributed by atoms with Crippen LogP contribution in [0.3, 0.4) is 0 Å². The first-order chi connectivity index (χ1) is 14.9. The van der Waals surface area contributed by atoms with Crippen molar-refractivity contribution < 1.29 is 23.8 Å². The molecule has 162 valence electrons. The van der Waals surface area contributed by atoms with E-state index in [9.17, 15) is 9.59 Å². The molecule has 0 aromatic heterocycles. The van der Waals surface area contributed by atoms with Crippen molar-refractivity contribution >= 4 is 52.5 Å². The van der Waals surface area contributed by atoms with Gasteiger partial charge in [-0.1, -0.05) is 11.6 Å². The first kappa shape index (κ1) is 22.6. The highest BCUT2D eigenvalue weighted by Gasteiger charge is 2.34. The lowest BCUT2D eigenvalue weighted by atomic mass is 10.1. The first-order valence-corrected chi connectivity index (χ1v) is 10.3. The molecule has 2 amide bonds. The van der Waals surface area contributed by atoms with Gasteiger partial charge in [0.15, 0.2) is 16.6 Å². The summed E-state index contributed by atoms with van der Waals surface area (Å²) in [6.07, 6.45) is 1.44. The van der Waals surface area contributed by atoms with Crippen molar-refractivity contribution in [1.29, 1.82) is 0 Å². The number of rotatable bonds is 7. The molecule has 9 heteroatoms. The summed E-state index contributed by atoms with van der Waals surface area (Å²) in [7, 11) is 1.55. The highest BCUT2D eigenvalue weighted by Crippen LogP contribution is 2.37. The minimum atomic E-state index is -0.595. The van der Waals surface area contributed by atoms with Gasteiger partial charge in [0, 0.05) is 0 Å². The Kier molecular flexibility index (Phi) is 7.14. The predicted molar refractivity (Wildman–Crippen MR) is 123 cm³/mol. The summed E-state index contributed by atoms with van der Waals surface area (Å²) in [5.41, 5.74) is 0.923. The van der Waals surface area contributed by atoms with Crippen LogP contribution in [0.15, 0.2) is 42.0 Å². The monoisotopic (exact) mass is 460 g/mol. The fraction of sp³-hybridized carbons (Fsp3) is 0.227. The zero-order valence-corrected chi connectivity index (χ0v) is 18.8. The number of hydrogen-bond donors (Lipinski definition) is 1. The van der Waals surface area contributed by atoms with Crippen LogP contribution in [0.2, 0.25) is 5.02 Å². The zero-order chi connectivity index (χ0) is 22.5. The molecule has 0 spiro atoms. The van der Waals surface area contributed by atoms with Crippen molar-refractivity contribution in [2.45, 2.75) is 13.8 Å². The van der Waals surface area contributed by atoms with Gasteiger partial charge >= 0.3 is 0 Å². The van der Waals surface area contributed by atoms with E-state index in [0.717, 1.165) is 0 Å². The van der Waals surface area contributed by atoms with E-state index < -0.39 is 11.8 Å². The number of halogens is 1. The minimum Gasteiger partial charge on any atom is -0.497 e. The lowest BCUT2D eigenvalue weighted by Gasteiger charge is -2.29. The summed E-state index contributed by atoms with van der Waals surface area (Å²) in [6.45, 7) is 4.48. The Bertz CT molecular complexity index is 1050. The summed E-state index contributed by atoms with van der Waals surface area (Å²) >= 11 is 11.6. The van der Waals surface area contributed by atoms with Crippen LogP contribution < -0.4 is 24.4 Å². The van der Waals surface area contributed by atoms with E-state index in [2.05, 4.69) is 5.32 Å². The second-order valence-corrected chi connectivity index (χ2v) is 7.15. The Hall–Kier alpha value is -3.10. The van der Waals surface area contributed by atoms with Crippen molar-refractivity contribution in [3.63, 3.8) is 0 Å². The van der Waals surface area contributed by atoms with Crippen LogP contribution in [0.4, 0.5) is 5.69 Å². The molecule has 2 aromatic rings. The second-order valence-electron chi connectivity index (χ2n) is 6.35. The summed E-state index contributed by atoms with van der Waals surface area (Å²) in [5.74, 6) is 0.319. The third-order valence-corrected chi connectivity index (χ3v) is 4.93. The van der Waals surface area contributed by atoms with Crippen LogP contribution in [-0.4, -0.2) is 37.3 Å². The van der Waals surface area contributed by atoms with Gasteiger partial charge in [0.1, 0.15) is 11.3 Å². The number of amides is 2. The fourth-order valence-corrected chi connectivity index (χ4v) is 3.56. The summed E-state index contributed by atoms with van der Waals surface area (Å²) in [5, 5.41) is 2.86. The number of benzene rings is 2. The number of thiocarbonyl (C=S) groups is 1. The first-order valence-electron chi connectivity index (χ1n) is 9.54. The Morgan fingerprint density at radius 3 is 2.39 bits per heavy atom. The largest absolute Gasteiger partial charge is 0.497 e. The molecule has 1 saturated heterocycles. The van der Waals surface area contributed by atoms with Crippen molar-refractivity contribution in [3.05, 3.63) is 52.6 Å². The number of ether oxygens (including phenoxy) is 3. The van der Waals surface area contributed by atoms with Gasteiger partial charge in [0.05, 0.1) is 31.0 Å². The molecule has 0 atom stereocenters. The predicted octanol–water partition coefficient (Wildman–Crippen LogP) is 3.98. The summed E-state index contributed by atoms with van der Waals surface area (Å²) in [4.78, 5) is 26.9. The van der Waals surface area contributed by atoms with Crippen LogP contribution in [0.1, 0.15) is 19.4 Å². The van der Waals surface area contributed by atoms with Crippen LogP contribution in [0.25, 0.3) is 6.08 Å². The molecule has 31 heavy (non-hydrogen) atoms. The van der Waals surface area contributed by atoms with Gasteiger partial charge in [-0.05, 0) is 74.1 Å². The maximum Gasteiger partial charge on any atom is 0.270 e. The zero-order valence-electron chi connectivity index (χ0n) is 17.2. The highest BCUT2D eigenvalue weighted by atomic mass is 35.5. The van der Waals surface area contributed by atoms with E-state index in [1.807, 2.05) is 13.8 Å². The summed E-state index contributed by atoms with van der Waals surface area (Å²) in [6, 6.07) is 10.0.